The largest absolute Gasteiger partial charge is 0.451 e. The van der Waals surface area contributed by atoms with Crippen molar-refractivity contribution in [1.29, 1.82) is 0 Å². The third-order valence-electron chi connectivity index (χ3n) is 7.46. The highest BCUT2D eigenvalue weighted by atomic mass is 32.2. The Morgan fingerprint density at radius 1 is 0.841 bits per heavy atom. The molecule has 0 spiro atoms. The van der Waals surface area contributed by atoms with Crippen LogP contribution >= 0.6 is 11.8 Å². The van der Waals surface area contributed by atoms with Gasteiger partial charge in [0, 0.05) is 4.75 Å². The molecule has 0 aromatic heterocycles. The first kappa shape index (κ1) is 31.1. The number of benzene rings is 3. The van der Waals surface area contributed by atoms with Gasteiger partial charge in [0.15, 0.2) is 6.10 Å². The molecule has 0 bridgehead atoms. The van der Waals surface area contributed by atoms with Gasteiger partial charge < -0.3 is 25.0 Å². The van der Waals surface area contributed by atoms with Crippen LogP contribution in [0.5, 0.6) is 0 Å². The van der Waals surface area contributed by atoms with Gasteiger partial charge in [0.25, 0.3) is 0 Å². The van der Waals surface area contributed by atoms with Crippen LogP contribution in [0.15, 0.2) is 91.0 Å². The number of carbonyl (C=O) groups is 4. The van der Waals surface area contributed by atoms with E-state index in [1.54, 1.807) is 51.1 Å². The fourth-order valence-corrected chi connectivity index (χ4v) is 7.12. The van der Waals surface area contributed by atoms with Crippen molar-refractivity contribution < 1.29 is 28.7 Å². The van der Waals surface area contributed by atoms with Crippen molar-refractivity contribution >= 4 is 35.6 Å². The lowest BCUT2D eigenvalue weighted by Crippen LogP contribution is -2.71. The number of carbonyl (C=O) groups excluding carboxylic acids is 4. The number of thioether (sulfide) groups is 1. The summed E-state index contributed by atoms with van der Waals surface area (Å²) in [6, 6.07) is 24.8. The first-order valence-corrected chi connectivity index (χ1v) is 15.4. The lowest BCUT2D eigenvalue weighted by Gasteiger charge is -2.44. The normalized spacial score (nSPS) is 21.1. The maximum absolute atomic E-state index is 13.8. The number of rotatable bonds is 8. The number of hydrogen-bond acceptors (Lipinski definition) is 7. The van der Waals surface area contributed by atoms with Gasteiger partial charge in [-0.3, -0.25) is 9.59 Å². The molecule has 2 N–H and O–H groups in total. The molecule has 230 valence electrons. The summed E-state index contributed by atoms with van der Waals surface area (Å²) in [7, 11) is 0. The van der Waals surface area contributed by atoms with Crippen molar-refractivity contribution in [1.82, 2.24) is 15.5 Å². The fourth-order valence-electron chi connectivity index (χ4n) is 5.50. The molecule has 0 saturated carbocycles. The molecule has 0 aliphatic carbocycles. The molecule has 3 aromatic rings. The Morgan fingerprint density at radius 3 is 1.84 bits per heavy atom. The van der Waals surface area contributed by atoms with E-state index >= 15 is 0 Å². The van der Waals surface area contributed by atoms with E-state index in [0.717, 1.165) is 11.1 Å². The Kier molecular flexibility index (Phi) is 8.74. The molecule has 4 atom stereocenters. The highest BCUT2D eigenvalue weighted by Crippen LogP contribution is 2.51. The van der Waals surface area contributed by atoms with Crippen LogP contribution in [0.1, 0.15) is 63.5 Å². The molecule has 2 fully saturated rings. The van der Waals surface area contributed by atoms with Crippen LogP contribution in [0.3, 0.4) is 0 Å². The molecule has 10 heteroatoms. The zero-order valence-electron chi connectivity index (χ0n) is 25.4. The molecule has 3 aromatic carbocycles. The van der Waals surface area contributed by atoms with Gasteiger partial charge in [-0.1, -0.05) is 91.0 Å². The highest BCUT2D eigenvalue weighted by molar-refractivity contribution is 8.01. The van der Waals surface area contributed by atoms with E-state index < -0.39 is 57.9 Å². The lowest BCUT2D eigenvalue weighted by atomic mass is 9.95. The zero-order valence-corrected chi connectivity index (χ0v) is 26.2. The fraction of sp³-hybridized carbons (Fsp3) is 0.353. The summed E-state index contributed by atoms with van der Waals surface area (Å²) in [6.45, 7) is 8.98. The summed E-state index contributed by atoms with van der Waals surface area (Å²) >= 11 is 1.43. The van der Waals surface area contributed by atoms with Crippen LogP contribution < -0.4 is 10.6 Å². The van der Waals surface area contributed by atoms with Gasteiger partial charge in [0.05, 0.1) is 0 Å². The van der Waals surface area contributed by atoms with Crippen LogP contribution in [0.25, 0.3) is 0 Å². The predicted molar refractivity (Wildman–Crippen MR) is 167 cm³/mol. The van der Waals surface area contributed by atoms with Crippen LogP contribution in [0.2, 0.25) is 0 Å². The number of nitrogens with zero attached hydrogens (tertiary/aromatic N) is 1. The molecule has 2 saturated heterocycles. The summed E-state index contributed by atoms with van der Waals surface area (Å²) in [5, 5.41) is 4.97. The van der Waals surface area contributed by atoms with Gasteiger partial charge in [-0.25, -0.2) is 9.59 Å². The summed E-state index contributed by atoms with van der Waals surface area (Å²) in [6.07, 6.45) is -1.41. The second kappa shape index (κ2) is 12.4. The number of nitrogens with one attached hydrogen (secondary N) is 2. The summed E-state index contributed by atoms with van der Waals surface area (Å²) in [4.78, 5) is 55.1. The number of hydrogen-bond donors (Lipinski definition) is 2. The van der Waals surface area contributed by atoms with Crippen molar-refractivity contribution in [2.24, 2.45) is 0 Å². The Labute approximate surface area is 261 Å². The first-order chi connectivity index (χ1) is 20.9. The number of amides is 3. The second-order valence-electron chi connectivity index (χ2n) is 12.4. The number of alkyl carbamates (subject to hydrolysis) is 1. The van der Waals surface area contributed by atoms with Crippen molar-refractivity contribution in [2.75, 3.05) is 0 Å². The highest BCUT2D eigenvalue weighted by Gasteiger charge is 2.64. The minimum atomic E-state index is -1.09. The van der Waals surface area contributed by atoms with Gasteiger partial charge in [0.2, 0.25) is 11.8 Å². The minimum Gasteiger partial charge on any atom is -0.451 e. The van der Waals surface area contributed by atoms with E-state index in [-0.39, 0.29) is 5.91 Å². The first-order valence-electron chi connectivity index (χ1n) is 14.5. The number of ether oxygens (including phenoxy) is 2. The molecule has 2 unspecified atom stereocenters. The predicted octanol–water partition coefficient (Wildman–Crippen LogP) is 5.13. The second-order valence-corrected chi connectivity index (χ2v) is 14.1. The zero-order chi connectivity index (χ0) is 31.6. The van der Waals surface area contributed by atoms with E-state index in [2.05, 4.69) is 10.6 Å². The van der Waals surface area contributed by atoms with Crippen LogP contribution in [0, 0.1) is 0 Å². The number of β-lactam (4-membered cyclic amide) rings is 1. The van der Waals surface area contributed by atoms with Crippen LogP contribution in [0.4, 0.5) is 4.79 Å². The topological polar surface area (TPSA) is 114 Å². The summed E-state index contributed by atoms with van der Waals surface area (Å²) in [5.74, 6) is -1.46. The van der Waals surface area contributed by atoms with Gasteiger partial charge in [-0.05, 0) is 51.3 Å². The summed E-state index contributed by atoms with van der Waals surface area (Å²) in [5.41, 5.74) is 1.41. The molecule has 2 aliphatic heterocycles. The number of esters is 1. The molecule has 2 aliphatic rings. The quantitative estimate of drug-likeness (QED) is 0.267. The Bertz CT molecular complexity index is 1470. The maximum atomic E-state index is 13.8. The molecule has 5 rings (SSSR count). The molecule has 2 heterocycles. The molecule has 9 nitrogen and oxygen atoms in total. The van der Waals surface area contributed by atoms with Crippen molar-refractivity contribution in [3.63, 3.8) is 0 Å². The maximum Gasteiger partial charge on any atom is 0.408 e. The molecule has 44 heavy (non-hydrogen) atoms. The van der Waals surface area contributed by atoms with Crippen molar-refractivity contribution in [3.8, 4) is 0 Å². The number of fused-ring (bicyclic) bond motifs is 1. The molecular formula is C34H37N3O6S. The monoisotopic (exact) mass is 615 g/mol. The van der Waals surface area contributed by atoms with E-state index in [1.165, 1.54) is 16.7 Å². The Balaban J connectivity index is 1.33. The Morgan fingerprint density at radius 2 is 1.34 bits per heavy atom. The average Bonchev–Trinajstić information content (AvgIpc) is 3.25. The average molecular weight is 616 g/mol. The van der Waals surface area contributed by atoms with E-state index in [9.17, 15) is 19.2 Å². The van der Waals surface area contributed by atoms with Gasteiger partial charge in [-0.2, -0.15) is 0 Å². The lowest BCUT2D eigenvalue weighted by molar-refractivity contribution is -0.166. The van der Waals surface area contributed by atoms with Gasteiger partial charge in [0.1, 0.15) is 29.1 Å². The molecule has 3 amide bonds. The minimum absolute atomic E-state index is 0.386. The van der Waals surface area contributed by atoms with Gasteiger partial charge >= 0.3 is 12.1 Å². The van der Waals surface area contributed by atoms with Crippen LogP contribution in [-0.2, 0) is 23.9 Å². The van der Waals surface area contributed by atoms with E-state index in [0.29, 0.717) is 5.56 Å². The molecule has 0 radical (unpaired) electrons. The molecular weight excluding hydrogens is 578 g/mol. The standard InChI is InChI=1S/C34H37N3O6S/c1-33(2,3)43-32(41)36-24(21-15-9-6-10-16-21)28(38)35-25-29(39)37-27(34(4,5)44-30(25)37)31(40)42-26(22-17-11-7-12-18-22)23-19-13-8-14-20-23/h6-20,24-27,30H,1-5H3,(H,35,38)(H,36,41)/t24?,25?,27-,30+/m0/s1. The smallest absolute Gasteiger partial charge is 0.408 e. The SMILES string of the molecule is CC(C)(C)OC(=O)NC(C(=O)NC1C(=O)N2[C@@H]1SC(C)(C)[C@@H]2C(=O)OC(c1ccccc1)c1ccccc1)c1ccccc1. The van der Waals surface area contributed by atoms with Crippen molar-refractivity contribution in [3.05, 3.63) is 108 Å². The van der Waals surface area contributed by atoms with Crippen LogP contribution in [-0.4, -0.2) is 56.6 Å². The van der Waals surface area contributed by atoms with E-state index in [1.807, 2.05) is 74.5 Å². The van der Waals surface area contributed by atoms with Crippen molar-refractivity contribution in [2.45, 2.75) is 74.6 Å². The third-order valence-corrected chi connectivity index (χ3v) is 9.03. The Hall–Kier alpha value is -4.31. The van der Waals surface area contributed by atoms with Gasteiger partial charge in [-0.15, -0.1) is 11.8 Å². The third kappa shape index (κ3) is 6.60. The summed E-state index contributed by atoms with van der Waals surface area (Å²) < 4.78 is 10.8. The van der Waals surface area contributed by atoms with E-state index in [4.69, 9.17) is 9.47 Å².